The molecular formula is C21H20ClN3O4. The van der Waals surface area contributed by atoms with E-state index < -0.39 is 11.8 Å². The van der Waals surface area contributed by atoms with Gasteiger partial charge in [-0.3, -0.25) is 9.59 Å². The Hall–Kier alpha value is -2.82. The fraction of sp³-hybridized carbons (Fsp3) is 0.381. The van der Waals surface area contributed by atoms with Crippen molar-refractivity contribution in [3.05, 3.63) is 58.0 Å². The number of nitriles is 1. The first-order chi connectivity index (χ1) is 14.0. The van der Waals surface area contributed by atoms with Gasteiger partial charge in [-0.2, -0.15) is 5.26 Å². The standard InChI is InChI=1S/C21H20ClN3O4/c1-24-21(27)17-8-14(20(26)25-18-15-9-28-10-16(15)18)19(29-17)13(5-6-23)11-3-2-4-12(22)7-11/h2-4,7-8,13,15-16,18H,5,9-10H2,1H3,(H,24,27)(H,25,26)/t13-,15-,16+,18+/m1/s1. The maximum absolute atomic E-state index is 13.0. The molecule has 1 aromatic carbocycles. The van der Waals surface area contributed by atoms with Gasteiger partial charge in [0.25, 0.3) is 11.8 Å². The predicted molar refractivity (Wildman–Crippen MR) is 105 cm³/mol. The molecule has 7 nitrogen and oxygen atoms in total. The molecule has 2 heterocycles. The first-order valence-electron chi connectivity index (χ1n) is 9.40. The SMILES string of the molecule is CNC(=O)c1cc(C(=O)N[C@H]2[C@@H]3COC[C@@H]32)c([C@H](CC#N)c2cccc(Cl)c2)o1. The first kappa shape index (κ1) is 19.5. The van der Waals surface area contributed by atoms with Gasteiger partial charge in [-0.25, -0.2) is 0 Å². The highest BCUT2D eigenvalue weighted by Crippen LogP contribution is 2.44. The molecule has 2 fully saturated rings. The Balaban J connectivity index is 1.69. The summed E-state index contributed by atoms with van der Waals surface area (Å²) in [6, 6.07) is 10.7. The number of benzene rings is 1. The second-order valence-corrected chi connectivity index (χ2v) is 7.74. The van der Waals surface area contributed by atoms with E-state index in [9.17, 15) is 14.9 Å². The van der Waals surface area contributed by atoms with Gasteiger partial charge in [-0.15, -0.1) is 0 Å². The molecule has 1 saturated heterocycles. The van der Waals surface area contributed by atoms with Crippen LogP contribution in [-0.2, 0) is 4.74 Å². The molecule has 8 heteroatoms. The summed E-state index contributed by atoms with van der Waals surface area (Å²) in [5, 5.41) is 15.4. The number of carbonyl (C=O) groups is 2. The number of nitrogens with zero attached hydrogens (tertiary/aromatic N) is 1. The molecular weight excluding hydrogens is 394 g/mol. The summed E-state index contributed by atoms with van der Waals surface area (Å²) in [4.78, 5) is 25.2. The number of rotatable bonds is 6. The quantitative estimate of drug-likeness (QED) is 0.757. The second-order valence-electron chi connectivity index (χ2n) is 7.30. The average Bonchev–Trinajstić information content (AvgIpc) is 3.10. The lowest BCUT2D eigenvalue weighted by Crippen LogP contribution is -2.30. The Morgan fingerprint density at radius 3 is 2.69 bits per heavy atom. The van der Waals surface area contributed by atoms with E-state index in [1.807, 2.05) is 6.07 Å². The molecule has 4 atom stereocenters. The second kappa shape index (κ2) is 7.90. The minimum atomic E-state index is -0.528. The molecule has 1 saturated carbocycles. The van der Waals surface area contributed by atoms with Gasteiger partial charge < -0.3 is 19.8 Å². The molecule has 2 aliphatic rings. The molecule has 2 amide bonds. The van der Waals surface area contributed by atoms with Crippen molar-refractivity contribution in [3.63, 3.8) is 0 Å². The van der Waals surface area contributed by atoms with Gasteiger partial charge in [0.2, 0.25) is 0 Å². The van der Waals surface area contributed by atoms with Crippen molar-refractivity contribution < 1.29 is 18.7 Å². The number of ether oxygens (including phenoxy) is 1. The third kappa shape index (κ3) is 3.74. The van der Waals surface area contributed by atoms with Crippen LogP contribution in [0.3, 0.4) is 0 Å². The molecule has 29 heavy (non-hydrogen) atoms. The normalized spacial score (nSPS) is 23.0. The van der Waals surface area contributed by atoms with Crippen molar-refractivity contribution in [2.45, 2.75) is 18.4 Å². The molecule has 1 aliphatic heterocycles. The van der Waals surface area contributed by atoms with E-state index in [4.69, 9.17) is 20.8 Å². The monoisotopic (exact) mass is 413 g/mol. The lowest BCUT2D eigenvalue weighted by atomic mass is 9.91. The molecule has 2 N–H and O–H groups in total. The summed E-state index contributed by atoms with van der Waals surface area (Å²) in [7, 11) is 1.49. The van der Waals surface area contributed by atoms with E-state index in [1.54, 1.807) is 18.2 Å². The summed E-state index contributed by atoms with van der Waals surface area (Å²) >= 11 is 6.12. The summed E-state index contributed by atoms with van der Waals surface area (Å²) < 4.78 is 11.2. The Labute approximate surface area is 173 Å². The number of amides is 2. The predicted octanol–water partition coefficient (Wildman–Crippen LogP) is 2.71. The molecule has 0 radical (unpaired) electrons. The van der Waals surface area contributed by atoms with Gasteiger partial charge in [0, 0.05) is 42.4 Å². The van der Waals surface area contributed by atoms with Crippen molar-refractivity contribution in [1.82, 2.24) is 10.6 Å². The molecule has 0 bridgehead atoms. The summed E-state index contributed by atoms with van der Waals surface area (Å²) in [5.74, 6) is -0.290. The van der Waals surface area contributed by atoms with Gasteiger partial charge in [-0.1, -0.05) is 23.7 Å². The molecule has 0 spiro atoms. The summed E-state index contributed by atoms with van der Waals surface area (Å²) in [5.41, 5.74) is 0.998. The van der Waals surface area contributed by atoms with E-state index in [0.717, 1.165) is 5.56 Å². The Morgan fingerprint density at radius 1 is 1.28 bits per heavy atom. The third-order valence-corrected chi connectivity index (χ3v) is 5.80. The van der Waals surface area contributed by atoms with Crippen LogP contribution in [0.1, 0.15) is 44.6 Å². The smallest absolute Gasteiger partial charge is 0.286 e. The number of carbonyl (C=O) groups excluding carboxylic acids is 2. The number of halogens is 1. The average molecular weight is 414 g/mol. The van der Waals surface area contributed by atoms with Crippen LogP contribution in [0.5, 0.6) is 0 Å². The fourth-order valence-corrected chi connectivity index (χ4v) is 4.13. The lowest BCUT2D eigenvalue weighted by Gasteiger charge is -2.15. The van der Waals surface area contributed by atoms with Crippen LogP contribution in [0.25, 0.3) is 0 Å². The number of hydrogen-bond acceptors (Lipinski definition) is 5. The van der Waals surface area contributed by atoms with Gasteiger partial charge >= 0.3 is 0 Å². The Bertz CT molecular complexity index is 986. The van der Waals surface area contributed by atoms with E-state index in [2.05, 4.69) is 16.7 Å². The Kier molecular flexibility index (Phi) is 5.31. The topological polar surface area (TPSA) is 104 Å². The lowest BCUT2D eigenvalue weighted by molar-refractivity contribution is 0.0919. The van der Waals surface area contributed by atoms with E-state index in [0.29, 0.717) is 30.1 Å². The van der Waals surface area contributed by atoms with Crippen LogP contribution in [0.15, 0.2) is 34.7 Å². The van der Waals surface area contributed by atoms with Crippen molar-refractivity contribution in [2.75, 3.05) is 20.3 Å². The molecule has 0 unspecified atom stereocenters. The van der Waals surface area contributed by atoms with Crippen molar-refractivity contribution >= 4 is 23.4 Å². The number of nitrogens with one attached hydrogen (secondary N) is 2. The van der Waals surface area contributed by atoms with Gasteiger partial charge in [0.05, 0.1) is 30.8 Å². The van der Waals surface area contributed by atoms with Gasteiger partial charge in [0.1, 0.15) is 5.76 Å². The van der Waals surface area contributed by atoms with Crippen LogP contribution < -0.4 is 10.6 Å². The van der Waals surface area contributed by atoms with E-state index in [-0.39, 0.29) is 35.5 Å². The first-order valence-corrected chi connectivity index (χ1v) is 9.78. The zero-order valence-electron chi connectivity index (χ0n) is 15.8. The van der Waals surface area contributed by atoms with E-state index in [1.165, 1.54) is 13.1 Å². The maximum Gasteiger partial charge on any atom is 0.286 e. The van der Waals surface area contributed by atoms with Crippen molar-refractivity contribution in [1.29, 1.82) is 5.26 Å². The Morgan fingerprint density at radius 2 is 2.03 bits per heavy atom. The highest BCUT2D eigenvalue weighted by atomic mass is 35.5. The fourth-order valence-electron chi connectivity index (χ4n) is 3.94. The molecule has 150 valence electrons. The van der Waals surface area contributed by atoms with Gasteiger partial charge in [-0.05, 0) is 17.7 Å². The van der Waals surface area contributed by atoms with E-state index >= 15 is 0 Å². The van der Waals surface area contributed by atoms with Crippen LogP contribution >= 0.6 is 11.6 Å². The van der Waals surface area contributed by atoms with Crippen LogP contribution in [0.4, 0.5) is 0 Å². The highest BCUT2D eigenvalue weighted by Gasteiger charge is 2.55. The molecule has 1 aromatic heterocycles. The van der Waals surface area contributed by atoms with Crippen LogP contribution in [0.2, 0.25) is 5.02 Å². The summed E-state index contributed by atoms with van der Waals surface area (Å²) in [6.45, 7) is 1.30. The largest absolute Gasteiger partial charge is 0.454 e. The zero-order chi connectivity index (χ0) is 20.5. The van der Waals surface area contributed by atoms with Crippen molar-refractivity contribution in [3.8, 4) is 6.07 Å². The molecule has 1 aliphatic carbocycles. The number of furan rings is 1. The summed E-state index contributed by atoms with van der Waals surface area (Å²) in [6.07, 6.45) is 0.0733. The number of fused-ring (bicyclic) bond motifs is 1. The minimum Gasteiger partial charge on any atom is -0.454 e. The van der Waals surface area contributed by atoms with Gasteiger partial charge in [0.15, 0.2) is 5.76 Å². The molecule has 4 rings (SSSR count). The number of hydrogen-bond donors (Lipinski definition) is 2. The van der Waals surface area contributed by atoms with Crippen LogP contribution in [0, 0.1) is 23.2 Å². The minimum absolute atomic E-state index is 0.0249. The van der Waals surface area contributed by atoms with Crippen molar-refractivity contribution in [2.24, 2.45) is 11.8 Å². The third-order valence-electron chi connectivity index (χ3n) is 5.57. The maximum atomic E-state index is 13.0. The molecule has 2 aromatic rings. The van der Waals surface area contributed by atoms with Crippen LogP contribution in [-0.4, -0.2) is 38.1 Å². The zero-order valence-corrected chi connectivity index (χ0v) is 16.5. The highest BCUT2D eigenvalue weighted by molar-refractivity contribution is 6.30.